The van der Waals surface area contributed by atoms with Gasteiger partial charge in [0.1, 0.15) is 10.7 Å². The van der Waals surface area contributed by atoms with Crippen LogP contribution in [0.5, 0.6) is 0 Å². The summed E-state index contributed by atoms with van der Waals surface area (Å²) in [7, 11) is 0. The van der Waals surface area contributed by atoms with Gasteiger partial charge in [-0.15, -0.1) is 11.3 Å². The van der Waals surface area contributed by atoms with Crippen LogP contribution in [0.3, 0.4) is 0 Å². The maximum Gasteiger partial charge on any atom is 0.270 e. The van der Waals surface area contributed by atoms with E-state index in [-0.39, 0.29) is 18.1 Å². The first-order valence-electron chi connectivity index (χ1n) is 6.27. The van der Waals surface area contributed by atoms with Gasteiger partial charge in [-0.3, -0.25) is 4.79 Å². The van der Waals surface area contributed by atoms with E-state index in [0.29, 0.717) is 12.2 Å². The molecule has 0 radical (unpaired) electrons. The van der Waals surface area contributed by atoms with Gasteiger partial charge in [-0.2, -0.15) is 0 Å². The molecule has 0 bridgehead atoms. The van der Waals surface area contributed by atoms with Crippen molar-refractivity contribution in [1.82, 2.24) is 10.3 Å². The largest absolute Gasteiger partial charge is 0.376 e. The number of thiazole rings is 1. The van der Waals surface area contributed by atoms with E-state index < -0.39 is 0 Å². The highest BCUT2D eigenvalue weighted by atomic mass is 32.1. The smallest absolute Gasteiger partial charge is 0.270 e. The zero-order valence-electron chi connectivity index (χ0n) is 10.5. The lowest BCUT2D eigenvalue weighted by Gasteiger charge is -2.22. The van der Waals surface area contributed by atoms with Crippen molar-refractivity contribution in [1.29, 1.82) is 0 Å². The number of nitrogens with one attached hydrogen (secondary N) is 1. The molecule has 5 nitrogen and oxygen atoms in total. The Hall–Kier alpha value is -0.980. The Balaban J connectivity index is 1.83. The fourth-order valence-electron chi connectivity index (χ4n) is 1.87. The summed E-state index contributed by atoms with van der Waals surface area (Å²) in [5.74, 6) is -0.146. The van der Waals surface area contributed by atoms with Crippen molar-refractivity contribution in [3.8, 4) is 0 Å². The Bertz CT molecular complexity index is 400. The summed E-state index contributed by atoms with van der Waals surface area (Å²) < 4.78 is 5.56. The third-order valence-electron chi connectivity index (χ3n) is 2.91. The van der Waals surface area contributed by atoms with E-state index in [1.807, 2.05) is 6.92 Å². The maximum atomic E-state index is 11.9. The van der Waals surface area contributed by atoms with Crippen LogP contribution < -0.4 is 11.1 Å². The second-order valence-electron chi connectivity index (χ2n) is 4.56. The lowest BCUT2D eigenvalue weighted by molar-refractivity contribution is 0.0168. The molecule has 1 aromatic heterocycles. The topological polar surface area (TPSA) is 77.2 Å². The molecular formula is C12H19N3O2S. The van der Waals surface area contributed by atoms with Crippen LogP contribution >= 0.6 is 11.3 Å². The highest BCUT2D eigenvalue weighted by Crippen LogP contribution is 2.16. The van der Waals surface area contributed by atoms with Crippen molar-refractivity contribution in [2.45, 2.75) is 38.3 Å². The van der Waals surface area contributed by atoms with Crippen molar-refractivity contribution >= 4 is 17.2 Å². The second-order valence-corrected chi connectivity index (χ2v) is 5.45. The standard InChI is InChI=1S/C12H19N3O2S/c1-8(13)12-15-10(7-18-12)11(16)14-6-9-4-2-3-5-17-9/h7-9H,2-6,13H2,1H3,(H,14,16). The summed E-state index contributed by atoms with van der Waals surface area (Å²) >= 11 is 1.42. The Labute approximate surface area is 111 Å². The highest BCUT2D eigenvalue weighted by Gasteiger charge is 2.17. The van der Waals surface area contributed by atoms with E-state index in [0.717, 1.165) is 24.5 Å². The van der Waals surface area contributed by atoms with Gasteiger partial charge in [-0.1, -0.05) is 0 Å². The lowest BCUT2D eigenvalue weighted by Crippen LogP contribution is -2.35. The first-order chi connectivity index (χ1) is 8.66. The average molecular weight is 269 g/mol. The molecule has 3 N–H and O–H groups in total. The van der Waals surface area contributed by atoms with Crippen molar-refractivity contribution in [3.05, 3.63) is 16.1 Å². The van der Waals surface area contributed by atoms with Crippen molar-refractivity contribution < 1.29 is 9.53 Å². The third-order valence-corrected chi connectivity index (χ3v) is 3.95. The normalized spacial score (nSPS) is 21.6. The summed E-state index contributed by atoms with van der Waals surface area (Å²) in [5, 5.41) is 5.39. The number of hydrogen-bond acceptors (Lipinski definition) is 5. The van der Waals surface area contributed by atoms with Gasteiger partial charge in [0.05, 0.1) is 12.1 Å². The van der Waals surface area contributed by atoms with Gasteiger partial charge in [-0.05, 0) is 26.2 Å². The molecule has 1 aliphatic rings. The van der Waals surface area contributed by atoms with E-state index in [9.17, 15) is 4.79 Å². The molecule has 100 valence electrons. The highest BCUT2D eigenvalue weighted by molar-refractivity contribution is 7.09. The summed E-state index contributed by atoms with van der Waals surface area (Å²) in [6.07, 6.45) is 3.46. The minimum Gasteiger partial charge on any atom is -0.376 e. The van der Waals surface area contributed by atoms with Crippen molar-refractivity contribution in [2.75, 3.05) is 13.2 Å². The monoisotopic (exact) mass is 269 g/mol. The molecule has 2 rings (SSSR count). The summed E-state index contributed by atoms with van der Waals surface area (Å²) in [6.45, 7) is 3.21. The fourth-order valence-corrected chi connectivity index (χ4v) is 2.62. The van der Waals surface area contributed by atoms with Gasteiger partial charge in [0, 0.05) is 18.5 Å². The van der Waals surface area contributed by atoms with Gasteiger partial charge < -0.3 is 15.8 Å². The summed E-state index contributed by atoms with van der Waals surface area (Å²) in [4.78, 5) is 16.1. The first-order valence-corrected chi connectivity index (χ1v) is 7.15. The van der Waals surface area contributed by atoms with Gasteiger partial charge in [-0.25, -0.2) is 4.98 Å². The SMILES string of the molecule is CC(N)c1nc(C(=O)NCC2CCCCO2)cs1. The minimum absolute atomic E-state index is 0.127. The number of carbonyl (C=O) groups is 1. The van der Waals surface area contributed by atoms with E-state index >= 15 is 0 Å². The Morgan fingerprint density at radius 1 is 1.72 bits per heavy atom. The van der Waals surface area contributed by atoms with Crippen molar-refractivity contribution in [2.24, 2.45) is 5.73 Å². The number of hydrogen-bond donors (Lipinski definition) is 2. The molecule has 1 aromatic rings. The maximum absolute atomic E-state index is 11.9. The fraction of sp³-hybridized carbons (Fsp3) is 0.667. The molecule has 0 saturated carbocycles. The van der Waals surface area contributed by atoms with Crippen LogP contribution in [0.15, 0.2) is 5.38 Å². The van der Waals surface area contributed by atoms with E-state index in [1.54, 1.807) is 5.38 Å². The van der Waals surface area contributed by atoms with Crippen LogP contribution in [0.25, 0.3) is 0 Å². The van der Waals surface area contributed by atoms with E-state index in [1.165, 1.54) is 17.8 Å². The molecule has 0 aromatic carbocycles. The quantitative estimate of drug-likeness (QED) is 0.867. The minimum atomic E-state index is -0.146. The molecule has 6 heteroatoms. The summed E-state index contributed by atoms with van der Waals surface area (Å²) in [6, 6.07) is -0.127. The molecule has 1 amide bonds. The number of rotatable bonds is 4. The van der Waals surface area contributed by atoms with Gasteiger partial charge in [0.15, 0.2) is 0 Å². The zero-order chi connectivity index (χ0) is 13.0. The van der Waals surface area contributed by atoms with Gasteiger partial charge in [0.2, 0.25) is 0 Å². The number of nitrogens with two attached hydrogens (primary N) is 1. The molecule has 2 atom stereocenters. The molecule has 0 aliphatic carbocycles. The second kappa shape index (κ2) is 6.26. The molecule has 18 heavy (non-hydrogen) atoms. The number of nitrogens with zero attached hydrogens (tertiary/aromatic N) is 1. The Morgan fingerprint density at radius 3 is 3.17 bits per heavy atom. The molecule has 2 unspecified atom stereocenters. The van der Waals surface area contributed by atoms with Crippen LogP contribution in [0.4, 0.5) is 0 Å². The average Bonchev–Trinajstić information content (AvgIpc) is 2.87. The zero-order valence-corrected chi connectivity index (χ0v) is 11.3. The molecule has 1 saturated heterocycles. The van der Waals surface area contributed by atoms with E-state index in [4.69, 9.17) is 10.5 Å². The van der Waals surface area contributed by atoms with Crippen LogP contribution in [0.2, 0.25) is 0 Å². The number of ether oxygens (including phenoxy) is 1. The van der Waals surface area contributed by atoms with Crippen LogP contribution in [0.1, 0.15) is 47.7 Å². The molecule has 2 heterocycles. The van der Waals surface area contributed by atoms with Crippen LogP contribution in [0, 0.1) is 0 Å². The van der Waals surface area contributed by atoms with Crippen LogP contribution in [-0.2, 0) is 4.74 Å². The van der Waals surface area contributed by atoms with Crippen molar-refractivity contribution in [3.63, 3.8) is 0 Å². The number of carbonyl (C=O) groups excluding carboxylic acids is 1. The Kier molecular flexibility index (Phi) is 4.68. The lowest BCUT2D eigenvalue weighted by atomic mass is 10.1. The third kappa shape index (κ3) is 3.51. The molecule has 0 spiro atoms. The first kappa shape index (κ1) is 13.5. The summed E-state index contributed by atoms with van der Waals surface area (Å²) in [5.41, 5.74) is 6.16. The molecule has 1 aliphatic heterocycles. The van der Waals surface area contributed by atoms with Gasteiger partial charge >= 0.3 is 0 Å². The number of amides is 1. The van der Waals surface area contributed by atoms with E-state index in [2.05, 4.69) is 10.3 Å². The van der Waals surface area contributed by atoms with Crippen LogP contribution in [-0.4, -0.2) is 30.1 Å². The van der Waals surface area contributed by atoms with Gasteiger partial charge in [0.25, 0.3) is 5.91 Å². The predicted molar refractivity (Wildman–Crippen MR) is 70.6 cm³/mol. The molecular weight excluding hydrogens is 250 g/mol. The molecule has 1 fully saturated rings. The number of aromatic nitrogens is 1. The Morgan fingerprint density at radius 2 is 2.56 bits per heavy atom. The predicted octanol–water partition coefficient (Wildman–Crippen LogP) is 1.46.